The van der Waals surface area contributed by atoms with Crippen LogP contribution >= 0.6 is 0 Å². The highest BCUT2D eigenvalue weighted by atomic mass is 16.5. The van der Waals surface area contributed by atoms with E-state index in [0.29, 0.717) is 26.2 Å². The fraction of sp³-hybridized carbons (Fsp3) is 0.389. The number of rotatable bonds is 9. The predicted octanol–water partition coefficient (Wildman–Crippen LogP) is 2.82. The van der Waals surface area contributed by atoms with Gasteiger partial charge in [0, 0.05) is 19.2 Å². The first kappa shape index (κ1) is 17.9. The number of urea groups is 1. The van der Waals surface area contributed by atoms with Gasteiger partial charge in [-0.05, 0) is 49.6 Å². The summed E-state index contributed by atoms with van der Waals surface area (Å²) in [6.45, 7) is 3.50. The van der Waals surface area contributed by atoms with Crippen LogP contribution in [0.4, 0.5) is 4.79 Å². The molecule has 1 heterocycles. The molecule has 0 saturated heterocycles. The standard InChI is InChI=1S/C18H24N2O4/c1-14(12-15-5-7-16(21)8-6-15)20-18(22)19-9-3-10-23-13-17-4-2-11-24-17/h2,4-8,11,14,21H,3,9-10,12-13H2,1H3,(H2,19,20,22). The van der Waals surface area contributed by atoms with Crippen LogP contribution in [-0.2, 0) is 17.8 Å². The molecule has 1 aromatic heterocycles. The number of phenolic OH excluding ortho intramolecular Hbond substituents is 1. The number of hydrogen-bond donors (Lipinski definition) is 3. The highest BCUT2D eigenvalue weighted by Crippen LogP contribution is 2.11. The Balaban J connectivity index is 1.53. The van der Waals surface area contributed by atoms with E-state index >= 15 is 0 Å². The molecule has 2 amide bonds. The van der Waals surface area contributed by atoms with Crippen molar-refractivity contribution >= 4 is 6.03 Å². The third-order valence-corrected chi connectivity index (χ3v) is 3.43. The maximum Gasteiger partial charge on any atom is 0.315 e. The van der Waals surface area contributed by atoms with E-state index in [0.717, 1.165) is 17.7 Å². The summed E-state index contributed by atoms with van der Waals surface area (Å²) in [5, 5.41) is 14.9. The van der Waals surface area contributed by atoms with Gasteiger partial charge in [0.05, 0.1) is 6.26 Å². The van der Waals surface area contributed by atoms with Crippen LogP contribution in [0.25, 0.3) is 0 Å². The first-order chi connectivity index (χ1) is 11.6. The lowest BCUT2D eigenvalue weighted by molar-refractivity contribution is 0.104. The van der Waals surface area contributed by atoms with E-state index in [1.807, 2.05) is 31.2 Å². The summed E-state index contributed by atoms with van der Waals surface area (Å²) in [4.78, 5) is 11.8. The molecule has 0 bridgehead atoms. The van der Waals surface area contributed by atoms with E-state index < -0.39 is 0 Å². The number of hydrogen-bond acceptors (Lipinski definition) is 4. The zero-order valence-corrected chi connectivity index (χ0v) is 13.8. The van der Waals surface area contributed by atoms with Gasteiger partial charge in [0.1, 0.15) is 18.1 Å². The molecular formula is C18H24N2O4. The molecule has 1 aromatic carbocycles. The van der Waals surface area contributed by atoms with Crippen molar-refractivity contribution in [1.82, 2.24) is 10.6 Å². The summed E-state index contributed by atoms with van der Waals surface area (Å²) in [5.41, 5.74) is 1.06. The van der Waals surface area contributed by atoms with Gasteiger partial charge in [-0.25, -0.2) is 4.79 Å². The van der Waals surface area contributed by atoms with Crippen LogP contribution < -0.4 is 10.6 Å². The molecule has 0 radical (unpaired) electrons. The number of furan rings is 1. The van der Waals surface area contributed by atoms with E-state index in [2.05, 4.69) is 10.6 Å². The van der Waals surface area contributed by atoms with Gasteiger partial charge in [-0.2, -0.15) is 0 Å². The Bertz CT molecular complexity index is 596. The van der Waals surface area contributed by atoms with E-state index in [9.17, 15) is 9.90 Å². The molecule has 2 aromatic rings. The van der Waals surface area contributed by atoms with Crippen LogP contribution in [0.5, 0.6) is 5.75 Å². The molecule has 0 aliphatic carbocycles. The van der Waals surface area contributed by atoms with Crippen molar-refractivity contribution in [2.45, 2.75) is 32.4 Å². The number of ether oxygens (including phenoxy) is 1. The van der Waals surface area contributed by atoms with Crippen LogP contribution in [0.3, 0.4) is 0 Å². The van der Waals surface area contributed by atoms with Crippen LogP contribution in [0.2, 0.25) is 0 Å². The van der Waals surface area contributed by atoms with Crippen LogP contribution in [0, 0.1) is 0 Å². The summed E-state index contributed by atoms with van der Waals surface area (Å²) in [5.74, 6) is 1.04. The van der Waals surface area contributed by atoms with E-state index in [-0.39, 0.29) is 17.8 Å². The molecule has 3 N–H and O–H groups in total. The number of aromatic hydroxyl groups is 1. The number of carbonyl (C=O) groups excluding carboxylic acids is 1. The summed E-state index contributed by atoms with van der Waals surface area (Å²) in [6, 6.07) is 10.5. The fourth-order valence-corrected chi connectivity index (χ4v) is 2.26. The van der Waals surface area contributed by atoms with Crippen LogP contribution in [0.1, 0.15) is 24.7 Å². The van der Waals surface area contributed by atoms with Crippen molar-refractivity contribution in [3.8, 4) is 5.75 Å². The smallest absolute Gasteiger partial charge is 0.315 e. The molecule has 24 heavy (non-hydrogen) atoms. The molecular weight excluding hydrogens is 308 g/mol. The first-order valence-electron chi connectivity index (χ1n) is 8.06. The summed E-state index contributed by atoms with van der Waals surface area (Å²) in [7, 11) is 0. The Morgan fingerprint density at radius 2 is 2.08 bits per heavy atom. The van der Waals surface area contributed by atoms with E-state index in [4.69, 9.17) is 9.15 Å². The number of benzene rings is 1. The highest BCUT2D eigenvalue weighted by Gasteiger charge is 2.07. The average molecular weight is 332 g/mol. The van der Waals surface area contributed by atoms with Gasteiger partial charge < -0.3 is 24.9 Å². The summed E-state index contributed by atoms with van der Waals surface area (Å²) < 4.78 is 10.6. The quantitative estimate of drug-likeness (QED) is 0.617. The number of carbonyl (C=O) groups is 1. The van der Waals surface area contributed by atoms with Gasteiger partial charge in [-0.1, -0.05) is 12.1 Å². The van der Waals surface area contributed by atoms with Gasteiger partial charge in [0.2, 0.25) is 0 Å². The van der Waals surface area contributed by atoms with Crippen molar-refractivity contribution in [2.75, 3.05) is 13.2 Å². The molecule has 2 rings (SSSR count). The molecule has 0 fully saturated rings. The fourth-order valence-electron chi connectivity index (χ4n) is 2.26. The lowest BCUT2D eigenvalue weighted by Crippen LogP contribution is -2.42. The highest BCUT2D eigenvalue weighted by molar-refractivity contribution is 5.74. The topological polar surface area (TPSA) is 83.7 Å². The Labute approximate surface area is 141 Å². The van der Waals surface area contributed by atoms with Crippen molar-refractivity contribution in [3.05, 3.63) is 54.0 Å². The minimum Gasteiger partial charge on any atom is -0.508 e. The summed E-state index contributed by atoms with van der Waals surface area (Å²) in [6.07, 6.45) is 3.06. The lowest BCUT2D eigenvalue weighted by atomic mass is 10.1. The predicted molar refractivity (Wildman–Crippen MR) is 90.8 cm³/mol. The van der Waals surface area contributed by atoms with Gasteiger partial charge >= 0.3 is 6.03 Å². The SMILES string of the molecule is CC(Cc1ccc(O)cc1)NC(=O)NCCCOCc1ccco1. The average Bonchev–Trinajstić information content (AvgIpc) is 3.06. The number of amides is 2. The van der Waals surface area contributed by atoms with E-state index in [1.165, 1.54) is 0 Å². The van der Waals surface area contributed by atoms with Gasteiger partial charge in [0.15, 0.2) is 0 Å². The van der Waals surface area contributed by atoms with Crippen molar-refractivity contribution in [3.63, 3.8) is 0 Å². The van der Waals surface area contributed by atoms with E-state index in [1.54, 1.807) is 18.4 Å². The van der Waals surface area contributed by atoms with Crippen molar-refractivity contribution in [2.24, 2.45) is 0 Å². The second kappa shape index (κ2) is 9.62. The van der Waals surface area contributed by atoms with Gasteiger partial charge in [-0.15, -0.1) is 0 Å². The molecule has 1 atom stereocenters. The zero-order chi connectivity index (χ0) is 17.2. The Morgan fingerprint density at radius 1 is 1.29 bits per heavy atom. The molecule has 0 spiro atoms. The normalized spacial score (nSPS) is 11.9. The maximum atomic E-state index is 11.8. The first-order valence-corrected chi connectivity index (χ1v) is 8.06. The van der Waals surface area contributed by atoms with Crippen molar-refractivity contribution in [1.29, 1.82) is 0 Å². The molecule has 6 nitrogen and oxygen atoms in total. The lowest BCUT2D eigenvalue weighted by Gasteiger charge is -2.15. The van der Waals surface area contributed by atoms with Crippen molar-refractivity contribution < 1.29 is 19.1 Å². The molecule has 0 aliphatic rings. The monoisotopic (exact) mass is 332 g/mol. The van der Waals surface area contributed by atoms with Gasteiger partial charge in [-0.3, -0.25) is 0 Å². The maximum absolute atomic E-state index is 11.8. The Morgan fingerprint density at radius 3 is 2.79 bits per heavy atom. The minimum absolute atomic E-state index is 0.00439. The third-order valence-electron chi connectivity index (χ3n) is 3.43. The molecule has 130 valence electrons. The zero-order valence-electron chi connectivity index (χ0n) is 13.8. The third kappa shape index (κ3) is 6.75. The second-order valence-electron chi connectivity index (χ2n) is 5.66. The minimum atomic E-state index is -0.188. The Hall–Kier alpha value is -2.47. The van der Waals surface area contributed by atoms with Gasteiger partial charge in [0.25, 0.3) is 0 Å². The number of phenols is 1. The van der Waals surface area contributed by atoms with Crippen LogP contribution in [0.15, 0.2) is 47.1 Å². The molecule has 0 saturated carbocycles. The molecule has 6 heteroatoms. The summed E-state index contributed by atoms with van der Waals surface area (Å²) >= 11 is 0. The second-order valence-corrected chi connectivity index (χ2v) is 5.66. The molecule has 1 unspecified atom stereocenters. The molecule has 0 aliphatic heterocycles. The number of nitrogens with one attached hydrogen (secondary N) is 2. The largest absolute Gasteiger partial charge is 0.508 e. The Kier molecular flexibility index (Phi) is 7.17. The van der Waals surface area contributed by atoms with Crippen LogP contribution in [-0.4, -0.2) is 30.3 Å².